The monoisotopic (exact) mass is 174 g/mol. The molecule has 0 aromatic carbocycles. The third-order valence-corrected chi connectivity index (χ3v) is 2.13. The quantitative estimate of drug-likeness (QED) is 0.618. The summed E-state index contributed by atoms with van der Waals surface area (Å²) >= 11 is 0. The van der Waals surface area contributed by atoms with Gasteiger partial charge in [-0.05, 0) is 19.1 Å². The minimum absolute atomic E-state index is 0.0583. The van der Waals surface area contributed by atoms with E-state index in [1.807, 2.05) is 23.5 Å². The third kappa shape index (κ3) is 1.13. The smallest absolute Gasteiger partial charge is 0.176 e. The number of rotatable bonds is 1. The first-order valence-electron chi connectivity index (χ1n) is 4.14. The van der Waals surface area contributed by atoms with Crippen molar-refractivity contribution in [2.24, 2.45) is 0 Å². The van der Waals surface area contributed by atoms with Crippen LogP contribution in [0.3, 0.4) is 0 Å². The fourth-order valence-electron chi connectivity index (χ4n) is 1.44. The zero-order valence-corrected chi connectivity index (χ0v) is 7.61. The van der Waals surface area contributed by atoms with Crippen LogP contribution >= 0.6 is 0 Å². The van der Waals surface area contributed by atoms with Crippen molar-refractivity contribution >= 4 is 11.3 Å². The van der Waals surface area contributed by atoms with Gasteiger partial charge >= 0.3 is 0 Å². The molecular formula is C10H10N2O. The van der Waals surface area contributed by atoms with Gasteiger partial charge in [-0.25, -0.2) is 4.98 Å². The molecule has 2 heterocycles. The predicted octanol–water partition coefficient (Wildman–Crippen LogP) is 1.85. The van der Waals surface area contributed by atoms with Crippen LogP contribution in [0.5, 0.6) is 0 Å². The molecule has 0 fully saturated rings. The predicted molar refractivity (Wildman–Crippen MR) is 49.9 cm³/mol. The van der Waals surface area contributed by atoms with E-state index in [1.165, 1.54) is 0 Å². The molecule has 3 heteroatoms. The number of carbonyl (C=O) groups is 1. The highest BCUT2D eigenvalue weighted by Crippen LogP contribution is 2.11. The fraction of sp³-hybridized carbons (Fsp3) is 0.200. The normalized spacial score (nSPS) is 10.6. The van der Waals surface area contributed by atoms with Gasteiger partial charge in [0.05, 0.1) is 16.9 Å². The summed E-state index contributed by atoms with van der Waals surface area (Å²) in [5.74, 6) is 0.0583. The van der Waals surface area contributed by atoms with Gasteiger partial charge in [-0.1, -0.05) is 6.07 Å². The molecule has 0 amide bonds. The minimum atomic E-state index is 0.0583. The van der Waals surface area contributed by atoms with Crippen LogP contribution in [0, 0.1) is 6.92 Å². The Morgan fingerprint density at radius 3 is 2.92 bits per heavy atom. The molecule has 2 aromatic rings. The van der Waals surface area contributed by atoms with E-state index in [0.29, 0.717) is 5.69 Å². The van der Waals surface area contributed by atoms with E-state index >= 15 is 0 Å². The zero-order valence-electron chi connectivity index (χ0n) is 7.61. The molecule has 0 atom stereocenters. The third-order valence-electron chi connectivity index (χ3n) is 2.13. The summed E-state index contributed by atoms with van der Waals surface area (Å²) in [6.07, 6.45) is 1.68. The van der Waals surface area contributed by atoms with Crippen molar-refractivity contribution in [3.05, 3.63) is 35.9 Å². The average Bonchev–Trinajstić information content (AvgIpc) is 2.48. The number of pyridine rings is 1. The molecule has 0 aliphatic heterocycles. The lowest BCUT2D eigenvalue weighted by atomic mass is 10.2. The number of Topliss-reactive ketones (excluding diaryl/α,β-unsaturated/α-hetero) is 1. The molecule has 66 valence electrons. The van der Waals surface area contributed by atoms with Crippen molar-refractivity contribution in [1.82, 2.24) is 9.38 Å². The molecule has 0 saturated heterocycles. The average molecular weight is 174 g/mol. The summed E-state index contributed by atoms with van der Waals surface area (Å²) in [4.78, 5) is 15.4. The van der Waals surface area contributed by atoms with E-state index in [2.05, 4.69) is 4.98 Å². The van der Waals surface area contributed by atoms with Crippen molar-refractivity contribution in [3.8, 4) is 0 Å². The van der Waals surface area contributed by atoms with E-state index in [4.69, 9.17) is 0 Å². The zero-order chi connectivity index (χ0) is 9.42. The lowest BCUT2D eigenvalue weighted by Gasteiger charge is -2.00. The van der Waals surface area contributed by atoms with Crippen LogP contribution in [0.25, 0.3) is 5.52 Å². The maximum Gasteiger partial charge on any atom is 0.176 e. The van der Waals surface area contributed by atoms with Gasteiger partial charge in [-0.3, -0.25) is 9.20 Å². The molecule has 0 aliphatic rings. The molecule has 0 saturated carbocycles. The van der Waals surface area contributed by atoms with E-state index < -0.39 is 0 Å². The number of hydrogen-bond acceptors (Lipinski definition) is 2. The number of imidazole rings is 1. The minimum Gasteiger partial charge on any atom is -0.296 e. The second-order valence-corrected chi connectivity index (χ2v) is 3.05. The second-order valence-electron chi connectivity index (χ2n) is 3.05. The standard InChI is InChI=1S/C10H10N2O/c1-7-9-4-3-5-10(8(2)13)12(9)6-11-7/h3-6H,1-2H3. The van der Waals surface area contributed by atoms with Crippen LogP contribution in [0.4, 0.5) is 0 Å². The number of hydrogen-bond donors (Lipinski definition) is 0. The Bertz CT molecular complexity index is 471. The highest BCUT2D eigenvalue weighted by molar-refractivity contribution is 5.93. The molecule has 0 aliphatic carbocycles. The lowest BCUT2D eigenvalue weighted by Crippen LogP contribution is -2.00. The molecule has 0 spiro atoms. The molecule has 0 radical (unpaired) electrons. The van der Waals surface area contributed by atoms with Gasteiger partial charge in [0.15, 0.2) is 5.78 Å². The molecule has 0 bridgehead atoms. The van der Waals surface area contributed by atoms with Gasteiger partial charge in [0.2, 0.25) is 0 Å². The van der Waals surface area contributed by atoms with E-state index in [1.54, 1.807) is 19.3 Å². The fourth-order valence-corrected chi connectivity index (χ4v) is 1.44. The summed E-state index contributed by atoms with van der Waals surface area (Å²) in [5.41, 5.74) is 2.62. The number of fused-ring (bicyclic) bond motifs is 1. The Balaban J connectivity index is 2.84. The Morgan fingerprint density at radius 1 is 1.46 bits per heavy atom. The van der Waals surface area contributed by atoms with E-state index in [0.717, 1.165) is 11.2 Å². The van der Waals surface area contributed by atoms with Crippen molar-refractivity contribution < 1.29 is 4.79 Å². The number of carbonyl (C=O) groups excluding carboxylic acids is 1. The van der Waals surface area contributed by atoms with E-state index in [-0.39, 0.29) is 5.78 Å². The van der Waals surface area contributed by atoms with Crippen molar-refractivity contribution in [2.45, 2.75) is 13.8 Å². The summed E-state index contributed by atoms with van der Waals surface area (Å²) < 4.78 is 1.82. The molecule has 2 rings (SSSR count). The number of aryl methyl sites for hydroxylation is 1. The van der Waals surface area contributed by atoms with Gasteiger partial charge in [0.25, 0.3) is 0 Å². The maximum absolute atomic E-state index is 11.2. The van der Waals surface area contributed by atoms with Gasteiger partial charge in [-0.15, -0.1) is 0 Å². The summed E-state index contributed by atoms with van der Waals surface area (Å²) in [6.45, 7) is 3.49. The summed E-state index contributed by atoms with van der Waals surface area (Å²) in [7, 11) is 0. The van der Waals surface area contributed by atoms with Gasteiger partial charge in [-0.2, -0.15) is 0 Å². The number of nitrogens with zero attached hydrogens (tertiary/aromatic N) is 2. The maximum atomic E-state index is 11.2. The van der Waals surface area contributed by atoms with Crippen LogP contribution in [-0.2, 0) is 0 Å². The number of ketones is 1. The summed E-state index contributed by atoms with van der Waals surface area (Å²) in [6, 6.07) is 5.63. The van der Waals surface area contributed by atoms with Crippen LogP contribution in [0.15, 0.2) is 24.5 Å². The second kappa shape index (κ2) is 2.69. The van der Waals surface area contributed by atoms with Crippen LogP contribution in [0.1, 0.15) is 23.1 Å². The summed E-state index contributed by atoms with van der Waals surface area (Å²) in [5, 5.41) is 0. The Kier molecular flexibility index (Phi) is 1.65. The first kappa shape index (κ1) is 7.98. The first-order chi connectivity index (χ1) is 6.20. The molecule has 0 N–H and O–H groups in total. The SMILES string of the molecule is CC(=O)c1cccc2c(C)ncn12. The first-order valence-corrected chi connectivity index (χ1v) is 4.14. The van der Waals surface area contributed by atoms with Crippen LogP contribution in [0.2, 0.25) is 0 Å². The molecule has 13 heavy (non-hydrogen) atoms. The Labute approximate surface area is 76.0 Å². The molecule has 2 aromatic heterocycles. The highest BCUT2D eigenvalue weighted by Gasteiger charge is 2.06. The highest BCUT2D eigenvalue weighted by atomic mass is 16.1. The largest absolute Gasteiger partial charge is 0.296 e. The van der Waals surface area contributed by atoms with Crippen LogP contribution in [-0.4, -0.2) is 15.2 Å². The van der Waals surface area contributed by atoms with E-state index in [9.17, 15) is 4.79 Å². The lowest BCUT2D eigenvalue weighted by molar-refractivity contribution is 0.101. The van der Waals surface area contributed by atoms with Crippen molar-refractivity contribution in [1.29, 1.82) is 0 Å². The Hall–Kier alpha value is -1.64. The van der Waals surface area contributed by atoms with Gasteiger partial charge < -0.3 is 0 Å². The van der Waals surface area contributed by atoms with Crippen molar-refractivity contribution in [3.63, 3.8) is 0 Å². The topological polar surface area (TPSA) is 34.4 Å². The van der Waals surface area contributed by atoms with Crippen LogP contribution < -0.4 is 0 Å². The number of aromatic nitrogens is 2. The molecular weight excluding hydrogens is 164 g/mol. The Morgan fingerprint density at radius 2 is 2.23 bits per heavy atom. The van der Waals surface area contributed by atoms with Gasteiger partial charge in [0.1, 0.15) is 6.33 Å². The molecule has 3 nitrogen and oxygen atoms in total. The molecule has 0 unspecified atom stereocenters. The van der Waals surface area contributed by atoms with Gasteiger partial charge in [0, 0.05) is 6.92 Å². The van der Waals surface area contributed by atoms with Crippen molar-refractivity contribution in [2.75, 3.05) is 0 Å².